The van der Waals surface area contributed by atoms with E-state index < -0.39 is 0 Å². The molecular weight excluding hydrogens is 319 g/mol. The predicted octanol–water partition coefficient (Wildman–Crippen LogP) is 3.85. The summed E-state index contributed by atoms with van der Waals surface area (Å²) in [5, 5.41) is 0.189. The summed E-state index contributed by atoms with van der Waals surface area (Å²) in [5.74, 6) is 0.836. The first-order valence-electron chi connectivity index (χ1n) is 4.82. The fraction of sp³-hybridized carbons (Fsp3) is 0.417. The minimum atomic E-state index is 0.0497. The van der Waals surface area contributed by atoms with Crippen LogP contribution in [0.25, 0.3) is 0 Å². The van der Waals surface area contributed by atoms with Crippen molar-refractivity contribution in [3.05, 3.63) is 33.4 Å². The van der Waals surface area contributed by atoms with E-state index in [1.165, 1.54) is 20.9 Å². The van der Waals surface area contributed by atoms with E-state index >= 15 is 0 Å². The van der Waals surface area contributed by atoms with Crippen molar-refractivity contribution in [3.8, 4) is 0 Å². The van der Waals surface area contributed by atoms with Crippen molar-refractivity contribution in [2.24, 2.45) is 0 Å². The molecule has 82 valence electrons. The van der Waals surface area contributed by atoms with E-state index in [0.717, 1.165) is 5.75 Å². The van der Waals surface area contributed by atoms with Gasteiger partial charge in [-0.1, -0.05) is 43.8 Å². The second kappa shape index (κ2) is 5.34. The third kappa shape index (κ3) is 3.79. The number of hydrogen-bond donors (Lipinski definition) is 0. The highest BCUT2D eigenvalue weighted by molar-refractivity contribution is 14.1. The lowest BCUT2D eigenvalue weighted by Gasteiger charge is -2.25. The quantitative estimate of drug-likeness (QED) is 0.781. The molecule has 0 aliphatic rings. The summed E-state index contributed by atoms with van der Waals surface area (Å²) in [6.45, 7) is 5.98. The summed E-state index contributed by atoms with van der Waals surface area (Å²) in [6, 6.07) is 8.34. The van der Waals surface area contributed by atoms with Gasteiger partial charge in [0.2, 0.25) is 0 Å². The van der Waals surface area contributed by atoms with Crippen LogP contribution in [-0.4, -0.2) is 10.9 Å². The number of carbonyl (C=O) groups excluding carboxylic acids is 1. The molecule has 0 amide bonds. The molecule has 1 nitrogen and oxygen atoms in total. The zero-order valence-electron chi connectivity index (χ0n) is 9.21. The molecule has 0 aliphatic carbocycles. The van der Waals surface area contributed by atoms with Gasteiger partial charge in [0.25, 0.3) is 0 Å². The van der Waals surface area contributed by atoms with Crippen molar-refractivity contribution in [3.63, 3.8) is 0 Å². The van der Waals surface area contributed by atoms with Crippen molar-refractivity contribution in [2.45, 2.75) is 26.2 Å². The number of rotatable bonds is 3. The smallest absolute Gasteiger partial charge is 0.185 e. The first kappa shape index (κ1) is 13.0. The lowest BCUT2D eigenvalue weighted by molar-refractivity contribution is -0.109. The Morgan fingerprint density at radius 3 is 2.53 bits per heavy atom. The maximum Gasteiger partial charge on any atom is 0.185 e. The van der Waals surface area contributed by atoms with Crippen LogP contribution in [0.4, 0.5) is 0 Å². The number of thioether (sulfide) groups is 1. The molecule has 0 bridgehead atoms. The van der Waals surface area contributed by atoms with E-state index in [-0.39, 0.29) is 10.5 Å². The van der Waals surface area contributed by atoms with Crippen molar-refractivity contribution < 1.29 is 4.79 Å². The molecule has 1 rings (SSSR count). The second-order valence-corrected chi connectivity index (χ2v) is 6.46. The van der Waals surface area contributed by atoms with E-state index in [1.807, 2.05) is 6.07 Å². The van der Waals surface area contributed by atoms with Crippen LogP contribution < -0.4 is 0 Å². The van der Waals surface area contributed by atoms with Gasteiger partial charge in [0.1, 0.15) is 0 Å². The van der Waals surface area contributed by atoms with Gasteiger partial charge >= 0.3 is 0 Å². The minimum absolute atomic E-state index is 0.0497. The number of hydrogen-bond acceptors (Lipinski definition) is 2. The standard InChI is InChI=1S/C12H15IOS/c1-9(14)15-8-12(2,3)10-6-4-5-7-11(10)13/h4-7H,8H2,1-3H3. The van der Waals surface area contributed by atoms with Gasteiger partial charge in [0, 0.05) is 21.7 Å². The third-order valence-electron chi connectivity index (χ3n) is 2.24. The molecule has 1 aromatic rings. The summed E-state index contributed by atoms with van der Waals surface area (Å²) in [4.78, 5) is 11.0. The van der Waals surface area contributed by atoms with Crippen molar-refractivity contribution in [2.75, 3.05) is 5.75 Å². The van der Waals surface area contributed by atoms with Gasteiger partial charge in [-0.3, -0.25) is 4.79 Å². The molecule has 0 fully saturated rings. The van der Waals surface area contributed by atoms with E-state index in [1.54, 1.807) is 6.92 Å². The fourth-order valence-corrected chi connectivity index (χ4v) is 3.21. The van der Waals surface area contributed by atoms with Crippen LogP contribution in [-0.2, 0) is 10.2 Å². The Bertz CT molecular complexity index is 360. The molecule has 0 heterocycles. The summed E-state index contributed by atoms with van der Waals surface area (Å²) >= 11 is 3.75. The van der Waals surface area contributed by atoms with Gasteiger partial charge < -0.3 is 0 Å². The molecule has 0 spiro atoms. The molecular formula is C12H15IOS. The van der Waals surface area contributed by atoms with E-state index in [9.17, 15) is 4.79 Å². The lowest BCUT2D eigenvalue weighted by Crippen LogP contribution is -2.22. The molecule has 0 aliphatic heterocycles. The molecule has 0 aromatic heterocycles. The van der Waals surface area contributed by atoms with Gasteiger partial charge in [-0.05, 0) is 34.2 Å². The zero-order valence-corrected chi connectivity index (χ0v) is 12.2. The maximum atomic E-state index is 11.0. The monoisotopic (exact) mass is 334 g/mol. The van der Waals surface area contributed by atoms with Gasteiger partial charge in [-0.2, -0.15) is 0 Å². The molecule has 0 saturated carbocycles. The number of halogens is 1. The topological polar surface area (TPSA) is 17.1 Å². The maximum absolute atomic E-state index is 11.0. The van der Waals surface area contributed by atoms with Crippen LogP contribution in [0.3, 0.4) is 0 Å². The first-order chi connectivity index (χ1) is 6.93. The van der Waals surface area contributed by atoms with Crippen LogP contribution in [0.2, 0.25) is 0 Å². The Morgan fingerprint density at radius 1 is 1.40 bits per heavy atom. The van der Waals surface area contributed by atoms with Crippen molar-refractivity contribution in [1.29, 1.82) is 0 Å². The van der Waals surface area contributed by atoms with Crippen molar-refractivity contribution in [1.82, 2.24) is 0 Å². The highest BCUT2D eigenvalue weighted by Crippen LogP contribution is 2.30. The third-order valence-corrected chi connectivity index (χ3v) is 4.45. The minimum Gasteiger partial charge on any atom is -0.288 e. The normalized spacial score (nSPS) is 11.5. The van der Waals surface area contributed by atoms with Crippen LogP contribution in [0.15, 0.2) is 24.3 Å². The first-order valence-corrected chi connectivity index (χ1v) is 6.88. The molecule has 1 aromatic carbocycles. The molecule has 0 atom stereocenters. The number of carbonyl (C=O) groups is 1. The molecule has 0 saturated heterocycles. The molecule has 0 radical (unpaired) electrons. The Kier molecular flexibility index (Phi) is 4.64. The molecule has 15 heavy (non-hydrogen) atoms. The fourth-order valence-electron chi connectivity index (χ4n) is 1.37. The Balaban J connectivity index is 2.85. The Morgan fingerprint density at radius 2 is 2.00 bits per heavy atom. The highest BCUT2D eigenvalue weighted by Gasteiger charge is 2.23. The largest absolute Gasteiger partial charge is 0.288 e. The van der Waals surface area contributed by atoms with Crippen LogP contribution >= 0.6 is 34.4 Å². The second-order valence-electron chi connectivity index (χ2n) is 4.14. The predicted molar refractivity (Wildman–Crippen MR) is 75.3 cm³/mol. The zero-order chi connectivity index (χ0) is 11.5. The molecule has 0 N–H and O–H groups in total. The highest BCUT2D eigenvalue weighted by atomic mass is 127. The van der Waals surface area contributed by atoms with Crippen LogP contribution in [0.5, 0.6) is 0 Å². The summed E-state index contributed by atoms with van der Waals surface area (Å²) < 4.78 is 1.27. The summed E-state index contributed by atoms with van der Waals surface area (Å²) in [7, 11) is 0. The van der Waals surface area contributed by atoms with E-state index in [4.69, 9.17) is 0 Å². The van der Waals surface area contributed by atoms with Crippen molar-refractivity contribution >= 4 is 39.5 Å². The van der Waals surface area contributed by atoms with E-state index in [0.29, 0.717) is 0 Å². The Hall–Kier alpha value is -0.0300. The van der Waals surface area contributed by atoms with Crippen LogP contribution in [0.1, 0.15) is 26.3 Å². The van der Waals surface area contributed by atoms with Gasteiger partial charge in [-0.15, -0.1) is 0 Å². The summed E-state index contributed by atoms with van der Waals surface area (Å²) in [6.07, 6.45) is 0. The summed E-state index contributed by atoms with van der Waals surface area (Å²) in [5.41, 5.74) is 1.37. The average Bonchev–Trinajstić information content (AvgIpc) is 2.15. The Labute approximate surface area is 109 Å². The molecule has 3 heteroatoms. The average molecular weight is 334 g/mol. The van der Waals surface area contributed by atoms with Gasteiger partial charge in [-0.25, -0.2) is 0 Å². The lowest BCUT2D eigenvalue weighted by atomic mass is 9.87. The van der Waals surface area contributed by atoms with Crippen LogP contribution in [0, 0.1) is 3.57 Å². The number of benzene rings is 1. The van der Waals surface area contributed by atoms with E-state index in [2.05, 4.69) is 54.6 Å². The SMILES string of the molecule is CC(=O)SCC(C)(C)c1ccccc1I. The molecule has 0 unspecified atom stereocenters. The van der Waals surface area contributed by atoms with Gasteiger partial charge in [0.15, 0.2) is 5.12 Å². The van der Waals surface area contributed by atoms with Gasteiger partial charge in [0.05, 0.1) is 0 Å².